The number of para-hydroxylation sites is 1. The lowest BCUT2D eigenvalue weighted by Gasteiger charge is -2.10. The second-order valence-electron chi connectivity index (χ2n) is 5.03. The molecule has 1 N–H and O–H groups in total. The molecular weight excluding hydrogens is 293 g/mol. The summed E-state index contributed by atoms with van der Waals surface area (Å²) in [6, 6.07) is 17.5. The predicted molar refractivity (Wildman–Crippen MR) is 86.9 cm³/mol. The van der Waals surface area contributed by atoms with Crippen molar-refractivity contribution in [3.63, 3.8) is 0 Å². The molecule has 0 amide bonds. The largest absolute Gasteiger partial charge is 0.461 e. The van der Waals surface area contributed by atoms with E-state index in [4.69, 9.17) is 4.42 Å². The number of hydrogen-bond acceptors (Lipinski definition) is 4. The van der Waals surface area contributed by atoms with Gasteiger partial charge in [-0.3, -0.25) is 0 Å². The average Bonchev–Trinajstić information content (AvgIpc) is 3.09. The number of benzene rings is 2. The van der Waals surface area contributed by atoms with Crippen molar-refractivity contribution in [2.75, 3.05) is 5.32 Å². The number of anilines is 2. The van der Waals surface area contributed by atoms with Crippen molar-refractivity contribution in [3.05, 3.63) is 72.7 Å². The molecule has 0 saturated heterocycles. The Morgan fingerprint density at radius 1 is 0.913 bits per heavy atom. The molecule has 0 spiro atoms. The first kappa shape index (κ1) is 13.5. The molecule has 2 heterocycles. The van der Waals surface area contributed by atoms with Gasteiger partial charge >= 0.3 is 0 Å². The summed E-state index contributed by atoms with van der Waals surface area (Å²) in [4.78, 5) is 9.05. The number of furan rings is 1. The van der Waals surface area contributed by atoms with Crippen LogP contribution in [0.5, 0.6) is 0 Å². The highest BCUT2D eigenvalue weighted by atomic mass is 19.1. The maximum Gasteiger partial charge on any atom is 0.198 e. The standard InChI is InChI=1S/C18H12FN3O/c19-12-5-3-6-13(11-12)20-17-14-7-1-2-8-15(14)21-18(22-17)16-9-4-10-23-16/h1-11H,(H,20,21,22). The topological polar surface area (TPSA) is 51.0 Å². The maximum atomic E-state index is 13.4. The second-order valence-corrected chi connectivity index (χ2v) is 5.03. The molecule has 4 rings (SSSR count). The van der Waals surface area contributed by atoms with E-state index in [0.29, 0.717) is 23.1 Å². The molecule has 4 nitrogen and oxygen atoms in total. The first-order chi connectivity index (χ1) is 11.3. The SMILES string of the molecule is Fc1cccc(Nc2nc(-c3ccco3)nc3ccccc23)c1. The molecule has 0 bridgehead atoms. The zero-order valence-electron chi connectivity index (χ0n) is 12.0. The Kier molecular flexibility index (Phi) is 3.24. The Balaban J connectivity index is 1.86. The molecule has 23 heavy (non-hydrogen) atoms. The highest BCUT2D eigenvalue weighted by molar-refractivity contribution is 5.91. The van der Waals surface area contributed by atoms with Gasteiger partial charge in [-0.25, -0.2) is 14.4 Å². The lowest BCUT2D eigenvalue weighted by atomic mass is 10.2. The van der Waals surface area contributed by atoms with E-state index in [1.165, 1.54) is 12.1 Å². The first-order valence-electron chi connectivity index (χ1n) is 7.13. The van der Waals surface area contributed by atoms with E-state index in [0.717, 1.165) is 10.9 Å². The van der Waals surface area contributed by atoms with Crippen molar-refractivity contribution in [3.8, 4) is 11.6 Å². The van der Waals surface area contributed by atoms with E-state index in [1.807, 2.05) is 24.3 Å². The third kappa shape index (κ3) is 2.64. The zero-order valence-corrected chi connectivity index (χ0v) is 12.0. The Morgan fingerprint density at radius 2 is 1.83 bits per heavy atom. The maximum absolute atomic E-state index is 13.4. The van der Waals surface area contributed by atoms with Crippen molar-refractivity contribution >= 4 is 22.4 Å². The quantitative estimate of drug-likeness (QED) is 0.592. The Morgan fingerprint density at radius 3 is 2.65 bits per heavy atom. The summed E-state index contributed by atoms with van der Waals surface area (Å²) >= 11 is 0. The summed E-state index contributed by atoms with van der Waals surface area (Å²) in [6.45, 7) is 0. The third-order valence-electron chi connectivity index (χ3n) is 3.43. The van der Waals surface area contributed by atoms with Crippen LogP contribution in [0.4, 0.5) is 15.9 Å². The summed E-state index contributed by atoms with van der Waals surface area (Å²) in [5.74, 6) is 1.36. The van der Waals surface area contributed by atoms with Crippen LogP contribution in [-0.2, 0) is 0 Å². The molecule has 4 aromatic rings. The van der Waals surface area contributed by atoms with Crippen molar-refractivity contribution in [2.24, 2.45) is 0 Å². The van der Waals surface area contributed by atoms with Gasteiger partial charge in [-0.05, 0) is 42.5 Å². The molecule has 0 aliphatic heterocycles. The molecule has 2 aromatic carbocycles. The van der Waals surface area contributed by atoms with E-state index in [9.17, 15) is 4.39 Å². The minimum Gasteiger partial charge on any atom is -0.461 e. The van der Waals surface area contributed by atoms with Crippen LogP contribution in [0, 0.1) is 5.82 Å². The molecule has 0 radical (unpaired) electrons. The van der Waals surface area contributed by atoms with E-state index in [2.05, 4.69) is 15.3 Å². The van der Waals surface area contributed by atoms with Gasteiger partial charge in [0.2, 0.25) is 0 Å². The van der Waals surface area contributed by atoms with Gasteiger partial charge in [0.05, 0.1) is 11.8 Å². The molecule has 0 fully saturated rings. The molecule has 0 unspecified atom stereocenters. The van der Waals surface area contributed by atoms with Crippen molar-refractivity contribution in [2.45, 2.75) is 0 Å². The molecule has 0 aliphatic carbocycles. The molecule has 0 aliphatic rings. The highest BCUT2D eigenvalue weighted by Gasteiger charge is 2.11. The second kappa shape index (κ2) is 5.53. The number of halogens is 1. The Bertz CT molecular complexity index is 967. The number of rotatable bonds is 3. The van der Waals surface area contributed by atoms with Gasteiger partial charge in [0.15, 0.2) is 11.6 Å². The molecule has 5 heteroatoms. The van der Waals surface area contributed by atoms with Gasteiger partial charge in [-0.15, -0.1) is 0 Å². The van der Waals surface area contributed by atoms with Crippen LogP contribution < -0.4 is 5.32 Å². The zero-order chi connectivity index (χ0) is 15.6. The minimum absolute atomic E-state index is 0.306. The van der Waals surface area contributed by atoms with Gasteiger partial charge in [0.1, 0.15) is 11.6 Å². The fraction of sp³-hybridized carbons (Fsp3) is 0. The lowest BCUT2D eigenvalue weighted by molar-refractivity contribution is 0.577. The predicted octanol–water partition coefficient (Wildman–Crippen LogP) is 4.77. The summed E-state index contributed by atoms with van der Waals surface area (Å²) in [7, 11) is 0. The summed E-state index contributed by atoms with van der Waals surface area (Å²) in [5, 5.41) is 4.01. The Labute approximate surface area is 131 Å². The summed E-state index contributed by atoms with van der Waals surface area (Å²) in [5.41, 5.74) is 1.41. The smallest absolute Gasteiger partial charge is 0.198 e. The fourth-order valence-corrected chi connectivity index (χ4v) is 2.39. The monoisotopic (exact) mass is 305 g/mol. The number of aromatic nitrogens is 2. The van der Waals surface area contributed by atoms with E-state index in [-0.39, 0.29) is 5.82 Å². The molecule has 0 saturated carbocycles. The highest BCUT2D eigenvalue weighted by Crippen LogP contribution is 2.27. The molecule has 0 atom stereocenters. The molecule has 2 aromatic heterocycles. The van der Waals surface area contributed by atoms with Crippen LogP contribution in [0.1, 0.15) is 0 Å². The van der Waals surface area contributed by atoms with E-state index < -0.39 is 0 Å². The van der Waals surface area contributed by atoms with Crippen LogP contribution in [0.25, 0.3) is 22.5 Å². The van der Waals surface area contributed by atoms with Crippen LogP contribution >= 0.6 is 0 Å². The summed E-state index contributed by atoms with van der Waals surface area (Å²) < 4.78 is 18.8. The van der Waals surface area contributed by atoms with Crippen LogP contribution in [0.15, 0.2) is 71.3 Å². The van der Waals surface area contributed by atoms with Gasteiger partial charge < -0.3 is 9.73 Å². The number of nitrogens with one attached hydrogen (secondary N) is 1. The van der Waals surface area contributed by atoms with Crippen molar-refractivity contribution in [1.29, 1.82) is 0 Å². The Hall–Kier alpha value is -3.21. The van der Waals surface area contributed by atoms with Gasteiger partial charge in [-0.1, -0.05) is 18.2 Å². The van der Waals surface area contributed by atoms with Gasteiger partial charge in [0, 0.05) is 11.1 Å². The van der Waals surface area contributed by atoms with Crippen LogP contribution in [0.3, 0.4) is 0 Å². The van der Waals surface area contributed by atoms with Crippen molar-refractivity contribution in [1.82, 2.24) is 9.97 Å². The van der Waals surface area contributed by atoms with Gasteiger partial charge in [0.25, 0.3) is 0 Å². The minimum atomic E-state index is -0.306. The normalized spacial score (nSPS) is 10.8. The average molecular weight is 305 g/mol. The van der Waals surface area contributed by atoms with E-state index in [1.54, 1.807) is 30.5 Å². The fourth-order valence-electron chi connectivity index (χ4n) is 2.39. The molecule has 112 valence electrons. The lowest BCUT2D eigenvalue weighted by Crippen LogP contribution is -1.99. The van der Waals surface area contributed by atoms with Crippen molar-refractivity contribution < 1.29 is 8.81 Å². The van der Waals surface area contributed by atoms with Crippen LogP contribution in [0.2, 0.25) is 0 Å². The summed E-state index contributed by atoms with van der Waals surface area (Å²) in [6.07, 6.45) is 1.58. The number of hydrogen-bond donors (Lipinski definition) is 1. The third-order valence-corrected chi connectivity index (χ3v) is 3.43. The number of fused-ring (bicyclic) bond motifs is 1. The van der Waals surface area contributed by atoms with E-state index >= 15 is 0 Å². The number of nitrogens with zero attached hydrogens (tertiary/aromatic N) is 2. The first-order valence-corrected chi connectivity index (χ1v) is 7.13. The van der Waals surface area contributed by atoms with Gasteiger partial charge in [-0.2, -0.15) is 0 Å². The molecular formula is C18H12FN3O. The van der Waals surface area contributed by atoms with Crippen LogP contribution in [-0.4, -0.2) is 9.97 Å².